The van der Waals surface area contributed by atoms with Crippen LogP contribution in [0.15, 0.2) is 0 Å². The molecule has 2 rings (SSSR count). The minimum atomic E-state index is -0.691. The molecule has 0 aromatic carbocycles. The molecule has 2 heterocycles. The maximum atomic E-state index is 10.7. The van der Waals surface area contributed by atoms with E-state index in [9.17, 15) is 4.79 Å². The van der Waals surface area contributed by atoms with Gasteiger partial charge in [0, 0.05) is 12.3 Å². The highest BCUT2D eigenvalue weighted by Gasteiger charge is 2.43. The number of carbonyl (C=O) groups is 1. The summed E-state index contributed by atoms with van der Waals surface area (Å²) in [5.41, 5.74) is 0.313. The Balaban J connectivity index is 2.01. The molecule has 0 amide bonds. The summed E-state index contributed by atoms with van der Waals surface area (Å²) in [6.07, 6.45) is 2.02. The zero-order valence-corrected chi connectivity index (χ0v) is 7.69. The zero-order valence-electron chi connectivity index (χ0n) is 6.88. The van der Waals surface area contributed by atoms with Crippen LogP contribution < -0.4 is 5.32 Å². The van der Waals surface area contributed by atoms with Gasteiger partial charge in [0.05, 0.1) is 0 Å². The molecule has 0 radical (unpaired) electrons. The second-order valence-corrected chi connectivity index (χ2v) is 4.88. The van der Waals surface area contributed by atoms with Gasteiger partial charge in [-0.3, -0.25) is 4.79 Å². The van der Waals surface area contributed by atoms with Crippen molar-refractivity contribution in [2.24, 2.45) is 5.41 Å². The first kappa shape index (κ1) is 8.38. The van der Waals surface area contributed by atoms with Crippen molar-refractivity contribution in [1.29, 1.82) is 0 Å². The minimum absolute atomic E-state index is 0.288. The molecule has 2 N–H and O–H groups in total. The molecule has 0 aromatic rings. The van der Waals surface area contributed by atoms with E-state index in [1.165, 1.54) is 12.2 Å². The minimum Gasteiger partial charge on any atom is -0.480 e. The fourth-order valence-corrected chi connectivity index (χ4v) is 3.56. The number of aliphatic carboxylic acids is 1. The van der Waals surface area contributed by atoms with Crippen LogP contribution in [0.3, 0.4) is 0 Å². The zero-order chi connectivity index (χ0) is 8.60. The maximum absolute atomic E-state index is 10.7. The molecule has 3 nitrogen and oxygen atoms in total. The van der Waals surface area contributed by atoms with Gasteiger partial charge in [0.2, 0.25) is 0 Å². The first-order valence-electron chi connectivity index (χ1n) is 4.26. The third-order valence-corrected chi connectivity index (χ3v) is 4.15. The first-order valence-corrected chi connectivity index (χ1v) is 5.41. The Morgan fingerprint density at radius 1 is 1.67 bits per heavy atom. The number of rotatable bonds is 1. The first-order chi connectivity index (χ1) is 5.72. The van der Waals surface area contributed by atoms with Gasteiger partial charge in [0.15, 0.2) is 0 Å². The van der Waals surface area contributed by atoms with Crippen LogP contribution in [0.4, 0.5) is 0 Å². The molecular formula is C8H13NO2S. The Hall–Kier alpha value is -0.220. The molecular weight excluding hydrogens is 174 g/mol. The fraction of sp³-hybridized carbons (Fsp3) is 0.875. The number of carboxylic acids is 1. The molecule has 0 bridgehead atoms. The molecule has 4 heteroatoms. The lowest BCUT2D eigenvalue weighted by molar-refractivity contribution is -0.139. The van der Waals surface area contributed by atoms with Crippen LogP contribution >= 0.6 is 11.8 Å². The molecule has 2 aliphatic rings. The van der Waals surface area contributed by atoms with E-state index in [0.717, 1.165) is 18.7 Å². The molecule has 1 unspecified atom stereocenters. The van der Waals surface area contributed by atoms with Crippen molar-refractivity contribution in [1.82, 2.24) is 5.32 Å². The van der Waals surface area contributed by atoms with Gasteiger partial charge in [0.25, 0.3) is 0 Å². The van der Waals surface area contributed by atoms with Crippen LogP contribution in [-0.2, 0) is 4.79 Å². The second-order valence-electron chi connectivity index (χ2n) is 3.78. The summed E-state index contributed by atoms with van der Waals surface area (Å²) in [5, 5.41) is 11.9. The summed E-state index contributed by atoms with van der Waals surface area (Å²) >= 11 is 1.95. The Bertz CT molecular complexity index is 201. The molecule has 1 spiro atoms. The number of carboxylic acid groups (broad SMARTS) is 1. The second kappa shape index (κ2) is 2.92. The van der Waals surface area contributed by atoms with Crippen molar-refractivity contribution in [3.05, 3.63) is 0 Å². The lowest BCUT2D eigenvalue weighted by atomic mass is 9.85. The lowest BCUT2D eigenvalue weighted by Crippen LogP contribution is -2.30. The molecule has 2 fully saturated rings. The Morgan fingerprint density at radius 3 is 3.00 bits per heavy atom. The quantitative estimate of drug-likeness (QED) is 0.629. The number of hydrogen-bond acceptors (Lipinski definition) is 3. The third-order valence-electron chi connectivity index (χ3n) is 2.84. The Kier molecular flexibility index (Phi) is 2.04. The highest BCUT2D eigenvalue weighted by molar-refractivity contribution is 7.99. The normalized spacial score (nSPS) is 40.8. The van der Waals surface area contributed by atoms with Crippen molar-refractivity contribution in [2.45, 2.75) is 18.9 Å². The van der Waals surface area contributed by atoms with E-state index < -0.39 is 5.97 Å². The van der Waals surface area contributed by atoms with Crippen LogP contribution in [0.2, 0.25) is 0 Å². The summed E-state index contributed by atoms with van der Waals surface area (Å²) in [5.74, 6) is 1.65. The van der Waals surface area contributed by atoms with Crippen LogP contribution in [0, 0.1) is 5.41 Å². The molecule has 2 atom stereocenters. The van der Waals surface area contributed by atoms with E-state index in [2.05, 4.69) is 5.32 Å². The van der Waals surface area contributed by atoms with Gasteiger partial charge in [-0.25, -0.2) is 0 Å². The predicted molar refractivity (Wildman–Crippen MR) is 48.4 cm³/mol. The van der Waals surface area contributed by atoms with Gasteiger partial charge in [0.1, 0.15) is 6.04 Å². The van der Waals surface area contributed by atoms with Crippen LogP contribution in [0.5, 0.6) is 0 Å². The van der Waals surface area contributed by atoms with E-state index in [1.54, 1.807) is 0 Å². The summed E-state index contributed by atoms with van der Waals surface area (Å²) in [7, 11) is 0. The number of hydrogen-bond donors (Lipinski definition) is 2. The van der Waals surface area contributed by atoms with Gasteiger partial charge in [-0.1, -0.05) is 0 Å². The smallest absolute Gasteiger partial charge is 0.320 e. The summed E-state index contributed by atoms with van der Waals surface area (Å²) in [4.78, 5) is 10.7. The van der Waals surface area contributed by atoms with E-state index in [-0.39, 0.29) is 6.04 Å². The van der Waals surface area contributed by atoms with Crippen LogP contribution in [0.1, 0.15) is 12.8 Å². The van der Waals surface area contributed by atoms with Gasteiger partial charge < -0.3 is 10.4 Å². The highest BCUT2D eigenvalue weighted by atomic mass is 32.2. The van der Waals surface area contributed by atoms with Gasteiger partial charge in [-0.15, -0.1) is 0 Å². The number of thioether (sulfide) groups is 1. The molecule has 0 aromatic heterocycles. The molecule has 68 valence electrons. The molecule has 12 heavy (non-hydrogen) atoms. The van der Waals surface area contributed by atoms with Crippen molar-refractivity contribution in [3.63, 3.8) is 0 Å². The van der Waals surface area contributed by atoms with Gasteiger partial charge >= 0.3 is 5.97 Å². The van der Waals surface area contributed by atoms with E-state index in [0.29, 0.717) is 5.41 Å². The summed E-state index contributed by atoms with van der Waals surface area (Å²) in [6, 6.07) is -0.288. The van der Waals surface area contributed by atoms with Crippen LogP contribution in [-0.4, -0.2) is 35.2 Å². The maximum Gasteiger partial charge on any atom is 0.320 e. The highest BCUT2D eigenvalue weighted by Crippen LogP contribution is 2.42. The SMILES string of the molecule is O=C(O)[C@@H]1CC2(CCSC2)CN1. The Labute approximate surface area is 75.9 Å². The third kappa shape index (κ3) is 1.33. The summed E-state index contributed by atoms with van der Waals surface area (Å²) < 4.78 is 0. The van der Waals surface area contributed by atoms with Crippen molar-refractivity contribution >= 4 is 17.7 Å². The molecule has 0 saturated carbocycles. The van der Waals surface area contributed by atoms with Gasteiger partial charge in [-0.05, 0) is 24.0 Å². The molecule has 2 aliphatic heterocycles. The lowest BCUT2D eigenvalue weighted by Gasteiger charge is -2.19. The van der Waals surface area contributed by atoms with E-state index >= 15 is 0 Å². The van der Waals surface area contributed by atoms with Crippen molar-refractivity contribution in [3.8, 4) is 0 Å². The fourth-order valence-electron chi connectivity index (χ4n) is 2.04. The number of nitrogens with one attached hydrogen (secondary N) is 1. The molecule has 2 saturated heterocycles. The summed E-state index contributed by atoms with van der Waals surface area (Å²) in [6.45, 7) is 0.900. The average molecular weight is 187 g/mol. The predicted octanol–water partition coefficient (Wildman–Crippen LogP) is 0.556. The molecule has 0 aliphatic carbocycles. The van der Waals surface area contributed by atoms with Crippen molar-refractivity contribution in [2.75, 3.05) is 18.1 Å². The van der Waals surface area contributed by atoms with Crippen LogP contribution in [0.25, 0.3) is 0 Å². The average Bonchev–Trinajstić information content (AvgIpc) is 2.62. The van der Waals surface area contributed by atoms with E-state index in [1.807, 2.05) is 11.8 Å². The van der Waals surface area contributed by atoms with E-state index in [4.69, 9.17) is 5.11 Å². The Morgan fingerprint density at radius 2 is 2.50 bits per heavy atom. The standard InChI is InChI=1S/C8H13NO2S/c10-7(11)6-3-8(4-9-6)1-2-12-5-8/h6,9H,1-5H2,(H,10,11)/t6-,8?/m0/s1. The largest absolute Gasteiger partial charge is 0.480 e. The van der Waals surface area contributed by atoms with Gasteiger partial charge in [-0.2, -0.15) is 11.8 Å². The monoisotopic (exact) mass is 187 g/mol. The van der Waals surface area contributed by atoms with Crippen molar-refractivity contribution < 1.29 is 9.90 Å². The topological polar surface area (TPSA) is 49.3 Å².